The van der Waals surface area contributed by atoms with Gasteiger partial charge in [0, 0.05) is 17.3 Å². The number of carbonyl (C=O) groups excluding carboxylic acids is 1. The summed E-state index contributed by atoms with van der Waals surface area (Å²) < 4.78 is 16.2. The van der Waals surface area contributed by atoms with Gasteiger partial charge in [-0.2, -0.15) is 5.26 Å². The lowest BCUT2D eigenvalue weighted by atomic mass is 10.1. The van der Waals surface area contributed by atoms with E-state index in [0.29, 0.717) is 35.1 Å². The van der Waals surface area contributed by atoms with E-state index >= 15 is 0 Å². The quantitative estimate of drug-likeness (QED) is 0.634. The fourth-order valence-electron chi connectivity index (χ4n) is 2.42. The van der Waals surface area contributed by atoms with Crippen LogP contribution in [0, 0.1) is 11.3 Å². The molecule has 0 aromatic heterocycles. The minimum absolute atomic E-state index is 0.0183. The summed E-state index contributed by atoms with van der Waals surface area (Å²) in [6.45, 7) is 2.73. The maximum atomic E-state index is 12.5. The van der Waals surface area contributed by atoms with Crippen molar-refractivity contribution < 1.29 is 19.0 Å². The molecule has 3 rings (SSSR count). The first kappa shape index (κ1) is 17.4. The van der Waals surface area contributed by atoms with Gasteiger partial charge < -0.3 is 19.5 Å². The van der Waals surface area contributed by atoms with Crippen LogP contribution >= 0.6 is 0 Å². The molecule has 0 saturated heterocycles. The number of ether oxygens (including phenoxy) is 3. The second kappa shape index (κ2) is 8.08. The number of para-hydroxylation sites is 1. The smallest absolute Gasteiger partial charge is 0.266 e. The van der Waals surface area contributed by atoms with Crippen molar-refractivity contribution in [1.29, 1.82) is 5.26 Å². The van der Waals surface area contributed by atoms with E-state index in [1.54, 1.807) is 24.3 Å². The number of nitriles is 1. The van der Waals surface area contributed by atoms with Gasteiger partial charge in [0.1, 0.15) is 17.4 Å². The van der Waals surface area contributed by atoms with E-state index in [0.717, 1.165) is 6.42 Å². The highest BCUT2D eigenvalue weighted by Gasteiger charge is 2.16. The molecule has 0 bridgehead atoms. The van der Waals surface area contributed by atoms with Crippen LogP contribution in [0.3, 0.4) is 0 Å². The standard InChI is InChI=1S/C20H18N2O4/c1-2-9-24-17-6-4-3-5-14(17)10-15(12-21)20(23)22-16-7-8-18-19(11-16)26-13-25-18/h3-8,10-11H,2,9,13H2,1H3,(H,22,23)/b15-10+. The fourth-order valence-corrected chi connectivity index (χ4v) is 2.42. The van der Waals surface area contributed by atoms with Gasteiger partial charge in [-0.05, 0) is 30.7 Å². The van der Waals surface area contributed by atoms with E-state index in [9.17, 15) is 10.1 Å². The van der Waals surface area contributed by atoms with Crippen molar-refractivity contribution in [1.82, 2.24) is 0 Å². The SMILES string of the molecule is CCCOc1ccccc1/C=C(\C#N)C(=O)Nc1ccc2c(c1)OCO2. The van der Waals surface area contributed by atoms with Crippen molar-refractivity contribution >= 4 is 17.7 Å². The molecule has 1 aliphatic heterocycles. The van der Waals surface area contributed by atoms with Crippen LogP contribution in [0.2, 0.25) is 0 Å². The molecule has 26 heavy (non-hydrogen) atoms. The number of anilines is 1. The molecule has 0 radical (unpaired) electrons. The average Bonchev–Trinajstić information content (AvgIpc) is 3.12. The zero-order valence-electron chi connectivity index (χ0n) is 14.3. The summed E-state index contributed by atoms with van der Waals surface area (Å²) >= 11 is 0. The van der Waals surface area contributed by atoms with Crippen LogP contribution in [0.25, 0.3) is 6.08 Å². The van der Waals surface area contributed by atoms with Gasteiger partial charge in [-0.15, -0.1) is 0 Å². The van der Waals surface area contributed by atoms with E-state index in [-0.39, 0.29) is 12.4 Å². The number of amides is 1. The number of hydrogen-bond acceptors (Lipinski definition) is 5. The first-order chi connectivity index (χ1) is 12.7. The number of benzene rings is 2. The van der Waals surface area contributed by atoms with Gasteiger partial charge in [-0.3, -0.25) is 4.79 Å². The Bertz CT molecular complexity index is 884. The van der Waals surface area contributed by atoms with Crippen molar-refractivity contribution in [2.24, 2.45) is 0 Å². The van der Waals surface area contributed by atoms with Crippen molar-refractivity contribution in [3.05, 3.63) is 53.6 Å². The molecule has 6 heteroatoms. The van der Waals surface area contributed by atoms with E-state index in [4.69, 9.17) is 14.2 Å². The number of nitrogens with one attached hydrogen (secondary N) is 1. The predicted octanol–water partition coefficient (Wildman–Crippen LogP) is 3.75. The Morgan fingerprint density at radius 2 is 2.08 bits per heavy atom. The Morgan fingerprint density at radius 3 is 2.88 bits per heavy atom. The Balaban J connectivity index is 1.79. The van der Waals surface area contributed by atoms with Crippen LogP contribution in [0.1, 0.15) is 18.9 Å². The molecule has 0 saturated carbocycles. The lowest BCUT2D eigenvalue weighted by Crippen LogP contribution is -2.13. The molecule has 0 atom stereocenters. The number of rotatable bonds is 6. The average molecular weight is 350 g/mol. The van der Waals surface area contributed by atoms with Crippen LogP contribution in [0.5, 0.6) is 17.2 Å². The van der Waals surface area contributed by atoms with Crippen molar-refractivity contribution in [2.45, 2.75) is 13.3 Å². The summed E-state index contributed by atoms with van der Waals surface area (Å²) in [6.07, 6.45) is 2.39. The second-order valence-corrected chi connectivity index (χ2v) is 5.58. The van der Waals surface area contributed by atoms with E-state index in [1.807, 2.05) is 31.2 Å². The third-order valence-electron chi connectivity index (χ3n) is 3.68. The molecule has 0 spiro atoms. The molecule has 2 aromatic carbocycles. The summed E-state index contributed by atoms with van der Waals surface area (Å²) in [5.74, 6) is 1.32. The predicted molar refractivity (Wildman–Crippen MR) is 97.0 cm³/mol. The Labute approximate surface area is 151 Å². The Morgan fingerprint density at radius 1 is 1.27 bits per heavy atom. The molecule has 132 valence electrons. The van der Waals surface area contributed by atoms with Gasteiger partial charge in [0.05, 0.1) is 6.61 Å². The number of carbonyl (C=O) groups is 1. The lowest BCUT2D eigenvalue weighted by Gasteiger charge is -2.09. The summed E-state index contributed by atoms with van der Waals surface area (Å²) in [7, 11) is 0. The molecule has 1 aliphatic rings. The molecule has 2 aromatic rings. The second-order valence-electron chi connectivity index (χ2n) is 5.58. The van der Waals surface area contributed by atoms with Crippen LogP contribution in [0.4, 0.5) is 5.69 Å². The van der Waals surface area contributed by atoms with Gasteiger partial charge in [0.15, 0.2) is 11.5 Å². The van der Waals surface area contributed by atoms with Gasteiger partial charge in [-0.1, -0.05) is 25.1 Å². The molecular formula is C20H18N2O4. The summed E-state index contributed by atoms with van der Waals surface area (Å²) in [6, 6.07) is 14.3. The van der Waals surface area contributed by atoms with E-state index in [1.165, 1.54) is 6.08 Å². The van der Waals surface area contributed by atoms with Gasteiger partial charge >= 0.3 is 0 Å². The number of fused-ring (bicyclic) bond motifs is 1. The number of nitrogens with zero attached hydrogens (tertiary/aromatic N) is 1. The first-order valence-corrected chi connectivity index (χ1v) is 8.26. The van der Waals surface area contributed by atoms with E-state index in [2.05, 4.69) is 5.32 Å². The van der Waals surface area contributed by atoms with Gasteiger partial charge in [0.25, 0.3) is 5.91 Å². The highest BCUT2D eigenvalue weighted by Crippen LogP contribution is 2.34. The van der Waals surface area contributed by atoms with Crippen LogP contribution < -0.4 is 19.5 Å². The van der Waals surface area contributed by atoms with Crippen molar-refractivity contribution in [2.75, 3.05) is 18.7 Å². The lowest BCUT2D eigenvalue weighted by molar-refractivity contribution is -0.112. The van der Waals surface area contributed by atoms with Crippen molar-refractivity contribution in [3.63, 3.8) is 0 Å². The third kappa shape index (κ3) is 3.95. The molecule has 0 unspecified atom stereocenters. The first-order valence-electron chi connectivity index (χ1n) is 8.26. The zero-order chi connectivity index (χ0) is 18.4. The minimum Gasteiger partial charge on any atom is -0.493 e. The highest BCUT2D eigenvalue weighted by atomic mass is 16.7. The third-order valence-corrected chi connectivity index (χ3v) is 3.68. The molecule has 1 N–H and O–H groups in total. The molecule has 1 amide bonds. The largest absolute Gasteiger partial charge is 0.493 e. The highest BCUT2D eigenvalue weighted by molar-refractivity contribution is 6.10. The van der Waals surface area contributed by atoms with Gasteiger partial charge in [-0.25, -0.2) is 0 Å². The fraction of sp³-hybridized carbons (Fsp3) is 0.200. The number of hydrogen-bond donors (Lipinski definition) is 1. The molecule has 6 nitrogen and oxygen atoms in total. The van der Waals surface area contributed by atoms with Crippen LogP contribution in [-0.2, 0) is 4.79 Å². The monoisotopic (exact) mass is 350 g/mol. The van der Waals surface area contributed by atoms with Gasteiger partial charge in [0.2, 0.25) is 6.79 Å². The topological polar surface area (TPSA) is 80.6 Å². The normalized spacial score (nSPS) is 12.4. The van der Waals surface area contributed by atoms with Crippen LogP contribution in [-0.4, -0.2) is 19.3 Å². The Kier molecular flexibility index (Phi) is 5.40. The minimum atomic E-state index is -0.503. The summed E-state index contributed by atoms with van der Waals surface area (Å²) in [5.41, 5.74) is 1.18. The zero-order valence-corrected chi connectivity index (χ0v) is 14.3. The maximum absolute atomic E-state index is 12.5. The molecule has 1 heterocycles. The maximum Gasteiger partial charge on any atom is 0.266 e. The van der Waals surface area contributed by atoms with E-state index < -0.39 is 5.91 Å². The van der Waals surface area contributed by atoms with Crippen molar-refractivity contribution in [3.8, 4) is 23.3 Å². The molecule has 0 fully saturated rings. The molecular weight excluding hydrogens is 332 g/mol. The summed E-state index contributed by atoms with van der Waals surface area (Å²) in [5, 5.41) is 12.1. The Hall–Kier alpha value is -3.46. The molecule has 0 aliphatic carbocycles. The van der Waals surface area contributed by atoms with Crippen LogP contribution in [0.15, 0.2) is 48.0 Å². The summed E-state index contributed by atoms with van der Waals surface area (Å²) in [4.78, 5) is 12.5.